The highest BCUT2D eigenvalue weighted by Crippen LogP contribution is 2.58. The molecule has 3 aliphatic rings. The average Bonchev–Trinajstić information content (AvgIpc) is 3.91. The molecule has 71 heavy (non-hydrogen) atoms. The van der Waals surface area contributed by atoms with Crippen LogP contribution in [0.25, 0.3) is 11.1 Å². The predicted molar refractivity (Wildman–Crippen MR) is 266 cm³/mol. The molecule has 1 saturated heterocycles. The summed E-state index contributed by atoms with van der Waals surface area (Å²) in [5.41, 5.74) is 3.82. The molecule has 2 N–H and O–H groups in total. The number of carbonyl (C=O) groups is 1. The second-order valence-electron chi connectivity index (χ2n) is 17.9. The molecule has 3 heterocycles. The van der Waals surface area contributed by atoms with Gasteiger partial charge >= 0.3 is 19.5 Å². The number of aromatic amines is 1. The summed E-state index contributed by atoms with van der Waals surface area (Å²) in [6.07, 6.45) is -2.57. The quantitative estimate of drug-likeness (QED) is 0.0533. The van der Waals surface area contributed by atoms with Crippen LogP contribution in [0.5, 0.6) is 11.5 Å². The number of carbonyl (C=O) groups excluding carboxylic acids is 1. The zero-order chi connectivity index (χ0) is 49.7. The van der Waals surface area contributed by atoms with E-state index in [0.29, 0.717) is 11.5 Å². The van der Waals surface area contributed by atoms with E-state index in [2.05, 4.69) is 34.3 Å². The second-order valence-corrected chi connectivity index (χ2v) is 19.8. The number of rotatable bonds is 16. The normalized spacial score (nSPS) is 18.3. The molecule has 2 aliphatic heterocycles. The Morgan fingerprint density at radius 2 is 1.46 bits per heavy atom. The van der Waals surface area contributed by atoms with Crippen molar-refractivity contribution in [3.8, 4) is 40.5 Å². The lowest BCUT2D eigenvalue weighted by molar-refractivity contribution is -0.0955. The lowest BCUT2D eigenvalue weighted by Crippen LogP contribution is -2.41. The third-order valence-electron chi connectivity index (χ3n) is 12.8. The summed E-state index contributed by atoms with van der Waals surface area (Å²) in [6.45, 7) is 7.13. The standard InChI is InChI=1S/C55H54N5O10P/c1-36(2)60(37(3)4)71(64,67-31-17-29-56)70-49-32-51(69-50(49)35-66-55(39-19-6-5-7-20-39)45-25-12-14-27-47(45)68-48-28-15-13-26-46(48)55)59-33-38(52(61)58-53(59)62)18-16-30-57-54(63)65-34-44-42-23-10-8-21-40(42)41-22-9-11-24-43(41)44/h5-15,19-28,33,36-37,44,49-51H,17,30-32,34-35H2,1-4H3,(H,57,63)(H,58,61,62)/t49-,50+,51+,71?/m0/s1. The zero-order valence-electron chi connectivity index (χ0n) is 39.8. The van der Waals surface area contributed by atoms with Gasteiger partial charge in [-0.2, -0.15) is 5.26 Å². The Bertz CT molecular complexity index is 3090. The van der Waals surface area contributed by atoms with E-state index in [0.717, 1.165) is 38.9 Å². The molecule has 364 valence electrons. The molecule has 0 spiro atoms. The third kappa shape index (κ3) is 9.86. The molecule has 4 atom stereocenters. The maximum absolute atomic E-state index is 15.2. The van der Waals surface area contributed by atoms with Gasteiger partial charge in [0.2, 0.25) is 0 Å². The van der Waals surface area contributed by atoms with Gasteiger partial charge in [0.25, 0.3) is 5.56 Å². The van der Waals surface area contributed by atoms with Crippen molar-refractivity contribution in [2.24, 2.45) is 0 Å². The minimum atomic E-state index is -4.20. The van der Waals surface area contributed by atoms with Crippen LogP contribution in [-0.2, 0) is 33.4 Å². The molecule has 9 rings (SSSR count). The number of para-hydroxylation sites is 2. The molecular weight excluding hydrogens is 922 g/mol. The summed E-state index contributed by atoms with van der Waals surface area (Å²) in [5.74, 6) is 6.63. The lowest BCUT2D eigenvalue weighted by Gasteiger charge is -2.41. The molecule has 1 aliphatic carbocycles. The van der Waals surface area contributed by atoms with E-state index in [1.165, 1.54) is 10.8 Å². The van der Waals surface area contributed by atoms with Gasteiger partial charge in [-0.25, -0.2) is 18.8 Å². The SMILES string of the molecule is CC(C)N(C(C)C)P(=O)(OCCC#N)O[C@H]1C[C@H](n2cc(C#CCNC(=O)OCC3c4ccccc4-c4ccccc43)c(=O)[nH]c2=O)O[C@@H]1COC1(c2ccccc2)c2ccccc2Oc2ccccc21. The van der Waals surface area contributed by atoms with Crippen molar-refractivity contribution in [2.75, 3.05) is 26.4 Å². The van der Waals surface area contributed by atoms with E-state index in [1.807, 2.05) is 149 Å². The largest absolute Gasteiger partial charge is 0.457 e. The maximum atomic E-state index is 15.2. The molecule has 1 unspecified atom stereocenters. The fourth-order valence-electron chi connectivity index (χ4n) is 9.90. The van der Waals surface area contributed by atoms with Crippen molar-refractivity contribution in [2.45, 2.75) is 82.6 Å². The van der Waals surface area contributed by atoms with E-state index in [1.54, 1.807) is 4.67 Å². The number of nitrogens with zero attached hydrogens (tertiary/aromatic N) is 3. The Balaban J connectivity index is 0.991. The Morgan fingerprint density at radius 3 is 2.10 bits per heavy atom. The van der Waals surface area contributed by atoms with E-state index < -0.39 is 49.1 Å². The lowest BCUT2D eigenvalue weighted by atomic mass is 9.77. The summed E-state index contributed by atoms with van der Waals surface area (Å²) in [6, 6.07) is 42.5. The van der Waals surface area contributed by atoms with Gasteiger partial charge in [0.05, 0.1) is 32.2 Å². The van der Waals surface area contributed by atoms with Crippen LogP contribution in [0.3, 0.4) is 0 Å². The molecule has 1 fully saturated rings. The van der Waals surface area contributed by atoms with Crippen LogP contribution in [0.2, 0.25) is 0 Å². The number of alkyl carbamates (subject to hydrolysis) is 1. The maximum Gasteiger partial charge on any atom is 0.409 e. The first-order chi connectivity index (χ1) is 34.4. The highest BCUT2D eigenvalue weighted by molar-refractivity contribution is 7.51. The fourth-order valence-corrected chi connectivity index (χ4v) is 12.2. The first-order valence-corrected chi connectivity index (χ1v) is 25.1. The van der Waals surface area contributed by atoms with Gasteiger partial charge < -0.3 is 24.3 Å². The number of nitriles is 1. The van der Waals surface area contributed by atoms with Crippen LogP contribution in [-0.4, -0.2) is 71.0 Å². The van der Waals surface area contributed by atoms with Crippen molar-refractivity contribution in [1.82, 2.24) is 19.5 Å². The van der Waals surface area contributed by atoms with Crippen LogP contribution in [0.15, 0.2) is 143 Å². The number of fused-ring (bicyclic) bond motifs is 5. The molecular formula is C55H54N5O10P. The monoisotopic (exact) mass is 975 g/mol. The summed E-state index contributed by atoms with van der Waals surface area (Å²) >= 11 is 0. The van der Waals surface area contributed by atoms with Crippen molar-refractivity contribution >= 4 is 13.8 Å². The summed E-state index contributed by atoms with van der Waals surface area (Å²) in [7, 11) is -4.20. The number of hydrogen-bond donors (Lipinski definition) is 2. The Kier molecular flexibility index (Phi) is 14.5. The number of amides is 1. The van der Waals surface area contributed by atoms with Gasteiger partial charge in [0, 0.05) is 41.7 Å². The zero-order valence-corrected chi connectivity index (χ0v) is 40.7. The molecule has 0 bridgehead atoms. The van der Waals surface area contributed by atoms with Gasteiger partial charge in [-0.1, -0.05) is 127 Å². The number of benzene rings is 5. The smallest absolute Gasteiger partial charge is 0.409 e. The van der Waals surface area contributed by atoms with Crippen LogP contribution < -0.4 is 21.3 Å². The van der Waals surface area contributed by atoms with Crippen LogP contribution in [0, 0.1) is 23.2 Å². The Labute approximate surface area is 411 Å². The van der Waals surface area contributed by atoms with E-state index in [-0.39, 0.29) is 62.8 Å². The second kappa shape index (κ2) is 21.1. The van der Waals surface area contributed by atoms with Crippen LogP contribution >= 0.6 is 7.75 Å². The number of ether oxygens (including phenoxy) is 4. The molecule has 5 aromatic carbocycles. The summed E-state index contributed by atoms with van der Waals surface area (Å²) < 4.78 is 56.7. The number of nitrogens with one attached hydrogen (secondary N) is 2. The number of hydrogen-bond acceptors (Lipinski definition) is 11. The topological polar surface area (TPSA) is 183 Å². The first-order valence-electron chi connectivity index (χ1n) is 23.7. The van der Waals surface area contributed by atoms with Crippen molar-refractivity contribution in [3.05, 3.63) is 188 Å². The number of H-pyrrole nitrogens is 1. The summed E-state index contributed by atoms with van der Waals surface area (Å²) in [5, 5.41) is 12.1. The van der Waals surface area contributed by atoms with Crippen molar-refractivity contribution in [3.63, 3.8) is 0 Å². The van der Waals surface area contributed by atoms with Crippen LogP contribution in [0.1, 0.15) is 86.1 Å². The van der Waals surface area contributed by atoms with Gasteiger partial charge in [-0.05, 0) is 67.6 Å². The van der Waals surface area contributed by atoms with Crippen LogP contribution in [0.4, 0.5) is 4.79 Å². The predicted octanol–water partition coefficient (Wildman–Crippen LogP) is 9.37. The fraction of sp³-hybridized carbons (Fsp3) is 0.309. The molecule has 0 radical (unpaired) electrons. The van der Waals surface area contributed by atoms with Gasteiger partial charge in [0.1, 0.15) is 42.1 Å². The van der Waals surface area contributed by atoms with Crippen molar-refractivity contribution < 1.29 is 37.4 Å². The molecule has 16 heteroatoms. The molecule has 6 aromatic rings. The highest BCUT2D eigenvalue weighted by Gasteiger charge is 2.50. The molecule has 1 amide bonds. The minimum Gasteiger partial charge on any atom is -0.457 e. The van der Waals surface area contributed by atoms with Gasteiger partial charge in [-0.15, -0.1) is 0 Å². The molecule has 1 aromatic heterocycles. The van der Waals surface area contributed by atoms with Gasteiger partial charge in [-0.3, -0.25) is 23.4 Å². The van der Waals surface area contributed by atoms with Crippen molar-refractivity contribution in [1.29, 1.82) is 5.26 Å². The molecule has 15 nitrogen and oxygen atoms in total. The Hall–Kier alpha value is -7.07. The molecule has 0 saturated carbocycles. The van der Waals surface area contributed by atoms with Gasteiger partial charge in [0.15, 0.2) is 5.60 Å². The summed E-state index contributed by atoms with van der Waals surface area (Å²) in [4.78, 5) is 42.2. The Morgan fingerprint density at radius 1 is 0.859 bits per heavy atom. The highest BCUT2D eigenvalue weighted by atomic mass is 31.2. The minimum absolute atomic E-state index is 0.0357. The van der Waals surface area contributed by atoms with E-state index in [9.17, 15) is 19.6 Å². The van der Waals surface area contributed by atoms with E-state index in [4.69, 9.17) is 28.0 Å². The first kappa shape index (κ1) is 48.9. The third-order valence-corrected chi connectivity index (χ3v) is 15.4. The van der Waals surface area contributed by atoms with E-state index >= 15 is 4.57 Å². The number of aromatic nitrogens is 2. The average molecular weight is 976 g/mol.